The van der Waals surface area contributed by atoms with Gasteiger partial charge in [0.1, 0.15) is 5.75 Å². The third-order valence-corrected chi connectivity index (χ3v) is 3.75. The lowest BCUT2D eigenvalue weighted by atomic mass is 9.96. The molecule has 2 rings (SSSR count). The second-order valence-electron chi connectivity index (χ2n) is 4.95. The van der Waals surface area contributed by atoms with Gasteiger partial charge in [-0.2, -0.15) is 0 Å². The molecule has 0 amide bonds. The Labute approximate surface area is 97.9 Å². The van der Waals surface area contributed by atoms with Crippen LogP contribution in [0.2, 0.25) is 0 Å². The zero-order chi connectivity index (χ0) is 11.5. The average Bonchev–Trinajstić information content (AvgIpc) is 2.30. The van der Waals surface area contributed by atoms with E-state index in [4.69, 9.17) is 0 Å². The molecule has 0 radical (unpaired) electrons. The van der Waals surface area contributed by atoms with Crippen LogP contribution in [-0.4, -0.2) is 23.1 Å². The molecule has 16 heavy (non-hydrogen) atoms. The molecule has 0 aliphatic carbocycles. The Kier molecular flexibility index (Phi) is 3.49. The maximum Gasteiger partial charge on any atom is 0.120 e. The van der Waals surface area contributed by atoms with E-state index < -0.39 is 0 Å². The number of para-hydroxylation sites is 1. The molecule has 2 nitrogen and oxygen atoms in total. The van der Waals surface area contributed by atoms with Crippen molar-refractivity contribution in [3.63, 3.8) is 0 Å². The first-order valence-electron chi connectivity index (χ1n) is 6.20. The molecule has 0 aromatic heterocycles. The molecule has 1 unspecified atom stereocenters. The molecule has 1 fully saturated rings. The summed E-state index contributed by atoms with van der Waals surface area (Å²) in [4.78, 5) is 2.47. The van der Waals surface area contributed by atoms with Crippen LogP contribution in [0.25, 0.3) is 0 Å². The second-order valence-corrected chi connectivity index (χ2v) is 4.95. The molecule has 0 saturated carbocycles. The highest BCUT2D eigenvalue weighted by Gasteiger charge is 2.22. The van der Waals surface area contributed by atoms with Crippen molar-refractivity contribution in [3.05, 3.63) is 29.8 Å². The maximum absolute atomic E-state index is 9.84. The maximum atomic E-state index is 9.84. The highest BCUT2D eigenvalue weighted by Crippen LogP contribution is 2.30. The van der Waals surface area contributed by atoms with Gasteiger partial charge in [0.25, 0.3) is 0 Å². The Balaban J connectivity index is 2.07. The van der Waals surface area contributed by atoms with Crippen LogP contribution in [0.5, 0.6) is 5.75 Å². The zero-order valence-electron chi connectivity index (χ0n) is 10.2. The van der Waals surface area contributed by atoms with Crippen molar-refractivity contribution in [1.29, 1.82) is 0 Å². The molecule has 2 heteroatoms. The largest absolute Gasteiger partial charge is 0.508 e. The lowest BCUT2D eigenvalue weighted by Crippen LogP contribution is -2.34. The van der Waals surface area contributed by atoms with Crippen LogP contribution < -0.4 is 0 Å². The number of aromatic hydroxyl groups is 1. The molecule has 1 heterocycles. The summed E-state index contributed by atoms with van der Waals surface area (Å²) in [5, 5.41) is 9.84. The Hall–Kier alpha value is -1.02. The van der Waals surface area contributed by atoms with Crippen molar-refractivity contribution in [2.45, 2.75) is 32.7 Å². The van der Waals surface area contributed by atoms with Crippen molar-refractivity contribution < 1.29 is 5.11 Å². The van der Waals surface area contributed by atoms with Gasteiger partial charge in [-0.25, -0.2) is 0 Å². The molecule has 1 aromatic carbocycles. The van der Waals surface area contributed by atoms with E-state index in [-0.39, 0.29) is 0 Å². The molecule has 0 spiro atoms. The van der Waals surface area contributed by atoms with Crippen molar-refractivity contribution in [2.24, 2.45) is 5.92 Å². The summed E-state index contributed by atoms with van der Waals surface area (Å²) in [5.41, 5.74) is 1.05. The van der Waals surface area contributed by atoms with Gasteiger partial charge in [-0.1, -0.05) is 25.1 Å². The summed E-state index contributed by atoms with van der Waals surface area (Å²) in [6, 6.07) is 8.01. The number of likely N-dealkylation sites (tertiary alicyclic amines) is 1. The summed E-state index contributed by atoms with van der Waals surface area (Å²) >= 11 is 0. The van der Waals surface area contributed by atoms with Gasteiger partial charge in [0.2, 0.25) is 0 Å². The summed E-state index contributed by atoms with van der Waals surface area (Å²) in [6.07, 6.45) is 2.55. The van der Waals surface area contributed by atoms with Crippen molar-refractivity contribution in [3.8, 4) is 5.75 Å². The minimum Gasteiger partial charge on any atom is -0.508 e. The highest BCUT2D eigenvalue weighted by molar-refractivity contribution is 5.34. The van der Waals surface area contributed by atoms with Crippen molar-refractivity contribution in [2.75, 3.05) is 13.1 Å². The number of rotatable bonds is 2. The fourth-order valence-electron chi connectivity index (χ4n) is 2.45. The van der Waals surface area contributed by atoms with E-state index in [0.717, 1.165) is 24.6 Å². The van der Waals surface area contributed by atoms with Crippen LogP contribution >= 0.6 is 0 Å². The topological polar surface area (TPSA) is 23.5 Å². The van der Waals surface area contributed by atoms with Gasteiger partial charge in [-0.3, -0.25) is 4.90 Å². The van der Waals surface area contributed by atoms with E-state index in [0.29, 0.717) is 11.8 Å². The van der Waals surface area contributed by atoms with Crippen LogP contribution in [0.15, 0.2) is 24.3 Å². The van der Waals surface area contributed by atoms with E-state index in [9.17, 15) is 5.11 Å². The predicted molar refractivity (Wildman–Crippen MR) is 66.5 cm³/mol. The normalized spacial score (nSPS) is 20.9. The fourth-order valence-corrected chi connectivity index (χ4v) is 2.45. The van der Waals surface area contributed by atoms with Gasteiger partial charge < -0.3 is 5.11 Å². The summed E-state index contributed by atoms with van der Waals surface area (Å²) in [6.45, 7) is 6.81. The number of benzene rings is 1. The van der Waals surface area contributed by atoms with E-state index in [1.807, 2.05) is 18.2 Å². The number of piperidine rings is 1. The Bertz CT molecular complexity index is 342. The van der Waals surface area contributed by atoms with Gasteiger partial charge >= 0.3 is 0 Å². The highest BCUT2D eigenvalue weighted by atomic mass is 16.3. The van der Waals surface area contributed by atoms with E-state index in [1.165, 1.54) is 12.8 Å². The van der Waals surface area contributed by atoms with Crippen LogP contribution in [0.4, 0.5) is 0 Å². The van der Waals surface area contributed by atoms with E-state index in [2.05, 4.69) is 18.7 Å². The number of phenolic OH excluding ortho intramolecular Hbond substituents is 1. The summed E-state index contributed by atoms with van der Waals surface area (Å²) < 4.78 is 0. The minimum atomic E-state index is 0.327. The molecule has 1 saturated heterocycles. The molecular formula is C14H21NO. The van der Waals surface area contributed by atoms with E-state index >= 15 is 0 Å². The molecule has 0 bridgehead atoms. The Morgan fingerprint density at radius 1 is 1.25 bits per heavy atom. The van der Waals surface area contributed by atoms with E-state index in [1.54, 1.807) is 6.07 Å². The lowest BCUT2D eigenvalue weighted by molar-refractivity contribution is 0.145. The van der Waals surface area contributed by atoms with Gasteiger partial charge in [0.15, 0.2) is 0 Å². The fraction of sp³-hybridized carbons (Fsp3) is 0.571. The molecule has 1 aromatic rings. The van der Waals surface area contributed by atoms with Crippen molar-refractivity contribution in [1.82, 2.24) is 4.90 Å². The lowest BCUT2D eigenvalue weighted by Gasteiger charge is -2.35. The number of nitrogens with zero attached hydrogens (tertiary/aromatic N) is 1. The third kappa shape index (κ3) is 2.38. The first-order valence-corrected chi connectivity index (χ1v) is 6.20. The number of hydrogen-bond donors (Lipinski definition) is 1. The first kappa shape index (κ1) is 11.5. The van der Waals surface area contributed by atoms with Gasteiger partial charge in [-0.15, -0.1) is 0 Å². The monoisotopic (exact) mass is 219 g/mol. The van der Waals surface area contributed by atoms with Crippen LogP contribution in [0.1, 0.15) is 38.3 Å². The molecular weight excluding hydrogens is 198 g/mol. The summed E-state index contributed by atoms with van der Waals surface area (Å²) in [5.74, 6) is 1.28. The second kappa shape index (κ2) is 4.88. The Morgan fingerprint density at radius 2 is 1.88 bits per heavy atom. The van der Waals surface area contributed by atoms with Gasteiger partial charge in [-0.05, 0) is 44.8 Å². The van der Waals surface area contributed by atoms with Gasteiger partial charge in [0, 0.05) is 11.6 Å². The predicted octanol–water partition coefficient (Wildman–Crippen LogP) is 3.19. The van der Waals surface area contributed by atoms with Crippen LogP contribution in [0, 0.1) is 5.92 Å². The number of hydrogen-bond acceptors (Lipinski definition) is 2. The van der Waals surface area contributed by atoms with Crippen LogP contribution in [0.3, 0.4) is 0 Å². The number of phenols is 1. The molecule has 1 N–H and O–H groups in total. The molecule has 1 aliphatic heterocycles. The third-order valence-electron chi connectivity index (χ3n) is 3.75. The Morgan fingerprint density at radius 3 is 2.50 bits per heavy atom. The summed E-state index contributed by atoms with van der Waals surface area (Å²) in [7, 11) is 0. The minimum absolute atomic E-state index is 0.327. The average molecular weight is 219 g/mol. The quantitative estimate of drug-likeness (QED) is 0.825. The first-order chi connectivity index (χ1) is 7.68. The van der Waals surface area contributed by atoms with Crippen LogP contribution in [-0.2, 0) is 0 Å². The molecule has 1 atom stereocenters. The van der Waals surface area contributed by atoms with Crippen molar-refractivity contribution >= 4 is 0 Å². The standard InChI is InChI=1S/C14H21NO/c1-11-7-9-15(10-8-11)12(2)13-5-3-4-6-14(13)16/h3-6,11-12,16H,7-10H2,1-2H3. The SMILES string of the molecule is CC1CCN(C(C)c2ccccc2O)CC1. The smallest absolute Gasteiger partial charge is 0.120 e. The molecule has 1 aliphatic rings. The zero-order valence-corrected chi connectivity index (χ0v) is 10.2. The van der Waals surface area contributed by atoms with Gasteiger partial charge in [0.05, 0.1) is 0 Å². The molecule has 88 valence electrons.